The fourth-order valence-corrected chi connectivity index (χ4v) is 1.37. The first kappa shape index (κ1) is 11.5. The van der Waals surface area contributed by atoms with E-state index in [1.807, 2.05) is 0 Å². The lowest BCUT2D eigenvalue weighted by Crippen LogP contribution is -2.04. The van der Waals surface area contributed by atoms with E-state index in [1.54, 1.807) is 19.1 Å². The van der Waals surface area contributed by atoms with E-state index < -0.39 is 5.97 Å². The maximum Gasteiger partial charge on any atom is 0.397 e. The molecule has 0 bridgehead atoms. The highest BCUT2D eigenvalue weighted by atomic mass is 35.5. The van der Waals surface area contributed by atoms with Crippen molar-refractivity contribution in [1.82, 2.24) is 15.1 Å². The minimum atomic E-state index is -0.661. The second kappa shape index (κ2) is 4.92. The summed E-state index contributed by atoms with van der Waals surface area (Å²) in [5.74, 6) is -0.667. The summed E-state index contributed by atoms with van der Waals surface area (Å²) in [6, 6.07) is 3.36. The van der Waals surface area contributed by atoms with Crippen LogP contribution in [-0.2, 0) is 4.74 Å². The van der Waals surface area contributed by atoms with E-state index in [0.29, 0.717) is 5.56 Å². The molecule has 0 amide bonds. The Hall–Kier alpha value is -1.95. The zero-order valence-electron chi connectivity index (χ0n) is 8.88. The number of ether oxygens (including phenoxy) is 1. The summed E-state index contributed by atoms with van der Waals surface area (Å²) in [6.45, 7) is 1.93. The molecule has 0 aromatic carbocycles. The molecule has 0 N–H and O–H groups in total. The van der Waals surface area contributed by atoms with Crippen LogP contribution in [0.4, 0.5) is 0 Å². The molecule has 2 heterocycles. The van der Waals surface area contributed by atoms with Gasteiger partial charge in [-0.05, 0) is 19.1 Å². The summed E-state index contributed by atoms with van der Waals surface area (Å²) in [4.78, 5) is 19.1. The van der Waals surface area contributed by atoms with Crippen LogP contribution in [0.2, 0.25) is 5.15 Å². The number of rotatable bonds is 3. The molecule has 0 spiro atoms. The van der Waals surface area contributed by atoms with Crippen molar-refractivity contribution in [1.29, 1.82) is 0 Å². The summed E-state index contributed by atoms with van der Waals surface area (Å²) in [7, 11) is 0. The number of carbonyl (C=O) groups excluding carboxylic acids is 1. The van der Waals surface area contributed by atoms with Gasteiger partial charge in [0.2, 0.25) is 5.82 Å². The molecule has 0 saturated heterocycles. The van der Waals surface area contributed by atoms with Crippen LogP contribution < -0.4 is 0 Å². The first-order chi connectivity index (χ1) is 8.22. The minimum Gasteiger partial charge on any atom is -0.459 e. The Kier molecular flexibility index (Phi) is 3.34. The van der Waals surface area contributed by atoms with Gasteiger partial charge in [-0.1, -0.05) is 16.8 Å². The van der Waals surface area contributed by atoms with Gasteiger partial charge < -0.3 is 9.26 Å². The van der Waals surface area contributed by atoms with E-state index in [-0.39, 0.29) is 23.5 Å². The molecule has 0 fully saturated rings. The molecule has 0 unspecified atom stereocenters. The lowest BCUT2D eigenvalue weighted by Gasteiger charge is -1.95. The Morgan fingerprint density at radius 3 is 3.12 bits per heavy atom. The number of pyridine rings is 1. The van der Waals surface area contributed by atoms with Crippen molar-refractivity contribution in [3.63, 3.8) is 0 Å². The summed E-state index contributed by atoms with van der Waals surface area (Å²) in [5, 5.41) is 3.88. The first-order valence-corrected chi connectivity index (χ1v) is 5.22. The van der Waals surface area contributed by atoms with Gasteiger partial charge in [-0.3, -0.25) is 0 Å². The van der Waals surface area contributed by atoms with Crippen molar-refractivity contribution < 1.29 is 14.1 Å². The molecule has 0 atom stereocenters. The van der Waals surface area contributed by atoms with E-state index in [2.05, 4.69) is 15.1 Å². The van der Waals surface area contributed by atoms with Gasteiger partial charge in [-0.15, -0.1) is 0 Å². The van der Waals surface area contributed by atoms with Gasteiger partial charge in [0.1, 0.15) is 5.15 Å². The van der Waals surface area contributed by atoms with Crippen molar-refractivity contribution in [2.75, 3.05) is 6.61 Å². The van der Waals surface area contributed by atoms with Gasteiger partial charge in [0.15, 0.2) is 0 Å². The normalized spacial score (nSPS) is 10.2. The van der Waals surface area contributed by atoms with E-state index in [4.69, 9.17) is 20.9 Å². The molecule has 2 rings (SSSR count). The van der Waals surface area contributed by atoms with Crippen molar-refractivity contribution in [3.8, 4) is 11.4 Å². The van der Waals surface area contributed by atoms with Crippen LogP contribution in [0.1, 0.15) is 17.6 Å². The number of esters is 1. The molecule has 88 valence electrons. The van der Waals surface area contributed by atoms with Crippen molar-refractivity contribution in [2.24, 2.45) is 0 Å². The van der Waals surface area contributed by atoms with Crippen molar-refractivity contribution in [2.45, 2.75) is 6.92 Å². The van der Waals surface area contributed by atoms with Crippen LogP contribution >= 0.6 is 11.6 Å². The number of hydrogen-bond donors (Lipinski definition) is 0. The number of hydrogen-bond acceptors (Lipinski definition) is 6. The van der Waals surface area contributed by atoms with Crippen LogP contribution in [0.15, 0.2) is 22.9 Å². The molecule has 0 aliphatic heterocycles. The average molecular weight is 254 g/mol. The second-order valence-corrected chi connectivity index (χ2v) is 3.34. The molecule has 2 aromatic heterocycles. The monoisotopic (exact) mass is 253 g/mol. The Morgan fingerprint density at radius 1 is 1.59 bits per heavy atom. The largest absolute Gasteiger partial charge is 0.459 e. The quantitative estimate of drug-likeness (QED) is 0.615. The highest BCUT2D eigenvalue weighted by Crippen LogP contribution is 2.22. The molecule has 17 heavy (non-hydrogen) atoms. The average Bonchev–Trinajstić information content (AvgIpc) is 2.79. The van der Waals surface area contributed by atoms with Gasteiger partial charge in [0, 0.05) is 6.20 Å². The zero-order valence-corrected chi connectivity index (χ0v) is 9.64. The standard InChI is InChI=1S/C10H8ClN3O3/c1-2-16-10(15)9-13-8(14-17-9)6-4-3-5-12-7(6)11/h3-5H,2H2,1H3. The van der Waals surface area contributed by atoms with E-state index in [1.165, 1.54) is 6.20 Å². The highest BCUT2D eigenvalue weighted by Gasteiger charge is 2.18. The number of halogens is 1. The predicted molar refractivity (Wildman–Crippen MR) is 58.5 cm³/mol. The van der Waals surface area contributed by atoms with E-state index >= 15 is 0 Å². The predicted octanol–water partition coefficient (Wildman–Crippen LogP) is 1.96. The molecule has 7 heteroatoms. The van der Waals surface area contributed by atoms with E-state index in [9.17, 15) is 4.79 Å². The number of nitrogens with zero attached hydrogens (tertiary/aromatic N) is 3. The summed E-state index contributed by atoms with van der Waals surface area (Å²) in [5.41, 5.74) is 0.494. The Labute approximate surface area is 102 Å². The van der Waals surface area contributed by atoms with Crippen LogP contribution in [0.3, 0.4) is 0 Å². The lowest BCUT2D eigenvalue weighted by molar-refractivity contribution is 0.0470. The van der Waals surface area contributed by atoms with E-state index in [0.717, 1.165) is 0 Å². The summed E-state index contributed by atoms with van der Waals surface area (Å²) >= 11 is 5.86. The minimum absolute atomic E-state index is 0.200. The molecule has 0 aliphatic carbocycles. The van der Waals surface area contributed by atoms with Crippen molar-refractivity contribution >= 4 is 17.6 Å². The molecule has 0 saturated carbocycles. The molecule has 0 aliphatic rings. The van der Waals surface area contributed by atoms with Gasteiger partial charge in [-0.25, -0.2) is 9.78 Å². The third-order valence-electron chi connectivity index (χ3n) is 1.88. The van der Waals surface area contributed by atoms with Crippen LogP contribution in [-0.4, -0.2) is 27.7 Å². The Morgan fingerprint density at radius 2 is 2.41 bits per heavy atom. The first-order valence-electron chi connectivity index (χ1n) is 4.84. The third kappa shape index (κ3) is 2.42. The van der Waals surface area contributed by atoms with Gasteiger partial charge in [0.05, 0.1) is 12.2 Å². The lowest BCUT2D eigenvalue weighted by atomic mass is 10.3. The highest BCUT2D eigenvalue weighted by molar-refractivity contribution is 6.31. The maximum absolute atomic E-state index is 11.3. The smallest absolute Gasteiger partial charge is 0.397 e. The third-order valence-corrected chi connectivity index (χ3v) is 2.18. The SMILES string of the molecule is CCOC(=O)c1nc(-c2cccnc2Cl)no1. The van der Waals surface area contributed by atoms with Crippen LogP contribution in [0.5, 0.6) is 0 Å². The second-order valence-electron chi connectivity index (χ2n) is 2.99. The Balaban J connectivity index is 2.30. The number of carbonyl (C=O) groups is 1. The number of aromatic nitrogens is 3. The fraction of sp³-hybridized carbons (Fsp3) is 0.200. The maximum atomic E-state index is 11.3. The van der Waals surface area contributed by atoms with Crippen LogP contribution in [0.25, 0.3) is 11.4 Å². The van der Waals surface area contributed by atoms with Gasteiger partial charge >= 0.3 is 11.9 Å². The topological polar surface area (TPSA) is 78.1 Å². The van der Waals surface area contributed by atoms with Crippen molar-refractivity contribution in [3.05, 3.63) is 29.4 Å². The Bertz CT molecular complexity index is 541. The summed E-state index contributed by atoms with van der Waals surface area (Å²) in [6.07, 6.45) is 1.54. The molecular weight excluding hydrogens is 246 g/mol. The van der Waals surface area contributed by atoms with Crippen LogP contribution in [0, 0.1) is 0 Å². The van der Waals surface area contributed by atoms with Gasteiger partial charge in [-0.2, -0.15) is 4.98 Å². The molecular formula is C10H8ClN3O3. The van der Waals surface area contributed by atoms with Gasteiger partial charge in [0.25, 0.3) is 0 Å². The summed E-state index contributed by atoms with van der Waals surface area (Å²) < 4.78 is 9.49. The molecule has 2 aromatic rings. The fourth-order valence-electron chi connectivity index (χ4n) is 1.16. The zero-order chi connectivity index (χ0) is 12.3. The molecule has 6 nitrogen and oxygen atoms in total. The molecule has 0 radical (unpaired) electrons.